The van der Waals surface area contributed by atoms with E-state index in [1.807, 2.05) is 20.8 Å². The van der Waals surface area contributed by atoms with Gasteiger partial charge in [0.05, 0.1) is 11.8 Å². The van der Waals surface area contributed by atoms with Gasteiger partial charge in [0, 0.05) is 7.05 Å². The number of hydrogen-bond donors (Lipinski definition) is 1. The van der Waals surface area contributed by atoms with Crippen LogP contribution in [-0.2, 0) is 11.3 Å². The lowest BCUT2D eigenvalue weighted by Crippen LogP contribution is -2.37. The van der Waals surface area contributed by atoms with E-state index in [1.165, 1.54) is 6.07 Å². The van der Waals surface area contributed by atoms with Crippen LogP contribution in [0, 0.1) is 12.8 Å². The molecule has 5 nitrogen and oxygen atoms in total. The van der Waals surface area contributed by atoms with Crippen LogP contribution in [0.5, 0.6) is 0 Å². The predicted molar refractivity (Wildman–Crippen MR) is 83.6 cm³/mol. The van der Waals surface area contributed by atoms with E-state index in [-0.39, 0.29) is 29.2 Å². The Morgan fingerprint density at radius 1 is 1.43 bits per heavy atom. The number of carbonyl (C=O) groups is 2. The minimum atomic E-state index is -1.02. The van der Waals surface area contributed by atoms with Gasteiger partial charge >= 0.3 is 5.97 Å². The van der Waals surface area contributed by atoms with Crippen molar-refractivity contribution in [2.45, 2.75) is 39.5 Å². The van der Waals surface area contributed by atoms with Crippen molar-refractivity contribution in [2.75, 3.05) is 12.8 Å². The van der Waals surface area contributed by atoms with Gasteiger partial charge in [-0.3, -0.25) is 4.79 Å². The van der Waals surface area contributed by atoms with Crippen LogP contribution in [0.2, 0.25) is 0 Å². The maximum absolute atomic E-state index is 12.5. The molecule has 1 heterocycles. The number of hydrogen-bond acceptors (Lipinski definition) is 4. The first kappa shape index (κ1) is 17.6. The molecule has 0 saturated heterocycles. The lowest BCUT2D eigenvalue weighted by atomic mass is 10.1. The van der Waals surface area contributed by atoms with Gasteiger partial charge < -0.3 is 14.4 Å². The molecule has 1 N–H and O–H groups in total. The molecule has 0 fully saturated rings. The third-order valence-corrected chi connectivity index (χ3v) is 4.60. The Morgan fingerprint density at radius 2 is 2.05 bits per heavy atom. The number of carbonyl (C=O) groups excluding carboxylic acids is 1. The van der Waals surface area contributed by atoms with Gasteiger partial charge in [-0.15, -0.1) is 11.8 Å². The van der Waals surface area contributed by atoms with E-state index in [9.17, 15) is 9.59 Å². The topological polar surface area (TPSA) is 70.8 Å². The minimum Gasteiger partial charge on any atom is -0.478 e. The zero-order valence-corrected chi connectivity index (χ0v) is 14.0. The standard InChI is InChI=1S/C15H23NO4S/c1-6-21-13(9(2)3)14(17)16(5)8-11-7-12(15(18)19)10(4)20-11/h7,9,13H,6,8H2,1-5H3,(H,18,19)/t13-/m1/s1. The van der Waals surface area contributed by atoms with E-state index in [0.29, 0.717) is 11.5 Å². The Labute approximate surface area is 129 Å². The van der Waals surface area contributed by atoms with Crippen LogP contribution in [-0.4, -0.2) is 39.9 Å². The molecular weight excluding hydrogens is 290 g/mol. The van der Waals surface area contributed by atoms with Crippen molar-refractivity contribution in [2.24, 2.45) is 5.92 Å². The summed E-state index contributed by atoms with van der Waals surface area (Å²) in [6, 6.07) is 1.48. The lowest BCUT2D eigenvalue weighted by Gasteiger charge is -2.25. The Bertz CT molecular complexity index is 510. The quantitative estimate of drug-likeness (QED) is 0.838. The van der Waals surface area contributed by atoms with Gasteiger partial charge in [-0.2, -0.15) is 0 Å². The molecule has 1 aromatic rings. The molecule has 1 aromatic heterocycles. The second-order valence-electron chi connectivity index (χ2n) is 5.30. The summed E-state index contributed by atoms with van der Waals surface area (Å²) >= 11 is 1.63. The molecule has 0 radical (unpaired) electrons. The van der Waals surface area contributed by atoms with Crippen molar-refractivity contribution in [1.82, 2.24) is 4.90 Å². The van der Waals surface area contributed by atoms with Crippen LogP contribution in [0.15, 0.2) is 10.5 Å². The molecule has 21 heavy (non-hydrogen) atoms. The summed E-state index contributed by atoms with van der Waals surface area (Å²) in [5.41, 5.74) is 0.147. The van der Waals surface area contributed by atoms with Gasteiger partial charge in [0.2, 0.25) is 5.91 Å². The maximum atomic E-state index is 12.5. The van der Waals surface area contributed by atoms with Crippen molar-refractivity contribution < 1.29 is 19.1 Å². The molecule has 0 aliphatic rings. The van der Waals surface area contributed by atoms with Crippen LogP contribution in [0.4, 0.5) is 0 Å². The zero-order valence-electron chi connectivity index (χ0n) is 13.2. The van der Waals surface area contributed by atoms with Gasteiger partial charge in [0.25, 0.3) is 0 Å². The Kier molecular flexibility index (Phi) is 6.33. The first-order valence-corrected chi connectivity index (χ1v) is 8.02. The highest BCUT2D eigenvalue weighted by molar-refractivity contribution is 8.00. The van der Waals surface area contributed by atoms with E-state index in [0.717, 1.165) is 5.75 Å². The highest BCUT2D eigenvalue weighted by Gasteiger charge is 2.26. The minimum absolute atomic E-state index is 0.0442. The van der Waals surface area contributed by atoms with Gasteiger partial charge in [-0.25, -0.2) is 4.79 Å². The molecule has 0 aliphatic carbocycles. The molecule has 1 amide bonds. The van der Waals surface area contributed by atoms with Gasteiger partial charge in [-0.1, -0.05) is 20.8 Å². The number of amides is 1. The third kappa shape index (κ3) is 4.52. The van der Waals surface area contributed by atoms with Crippen molar-refractivity contribution in [1.29, 1.82) is 0 Å². The molecule has 1 atom stereocenters. The molecule has 0 unspecified atom stereocenters. The summed E-state index contributed by atoms with van der Waals surface area (Å²) < 4.78 is 5.42. The fraction of sp³-hybridized carbons (Fsp3) is 0.600. The molecule has 0 spiro atoms. The first-order chi connectivity index (χ1) is 9.77. The Hall–Kier alpha value is -1.43. The third-order valence-electron chi connectivity index (χ3n) is 3.16. The number of rotatable bonds is 7. The fourth-order valence-corrected chi connectivity index (χ4v) is 3.16. The fourth-order valence-electron chi connectivity index (χ4n) is 2.09. The predicted octanol–water partition coefficient (Wildman–Crippen LogP) is 3.02. The van der Waals surface area contributed by atoms with E-state index in [1.54, 1.807) is 30.6 Å². The maximum Gasteiger partial charge on any atom is 0.339 e. The van der Waals surface area contributed by atoms with Crippen LogP contribution in [0.1, 0.15) is 42.6 Å². The summed E-state index contributed by atoms with van der Waals surface area (Å²) in [7, 11) is 1.71. The SMILES string of the molecule is CCS[C@@H](C(=O)N(C)Cc1cc(C(=O)O)c(C)o1)C(C)C. The largest absolute Gasteiger partial charge is 0.478 e. The Morgan fingerprint density at radius 3 is 2.48 bits per heavy atom. The van der Waals surface area contributed by atoms with E-state index >= 15 is 0 Å². The summed E-state index contributed by atoms with van der Waals surface area (Å²) in [6.07, 6.45) is 0. The summed E-state index contributed by atoms with van der Waals surface area (Å²) in [6.45, 7) is 7.97. The number of nitrogens with zero attached hydrogens (tertiary/aromatic N) is 1. The van der Waals surface area contributed by atoms with Crippen LogP contribution < -0.4 is 0 Å². The van der Waals surface area contributed by atoms with Crippen molar-refractivity contribution in [3.05, 3.63) is 23.2 Å². The average molecular weight is 313 g/mol. The highest BCUT2D eigenvalue weighted by Crippen LogP contribution is 2.23. The molecule has 0 aromatic carbocycles. The van der Waals surface area contributed by atoms with Crippen molar-refractivity contribution >= 4 is 23.6 Å². The number of carboxylic acids is 1. The molecule has 118 valence electrons. The summed E-state index contributed by atoms with van der Waals surface area (Å²) in [5, 5.41) is 8.92. The molecule has 0 saturated carbocycles. The van der Waals surface area contributed by atoms with Crippen LogP contribution in [0.25, 0.3) is 0 Å². The molecular formula is C15H23NO4S. The first-order valence-electron chi connectivity index (χ1n) is 6.97. The van der Waals surface area contributed by atoms with E-state index < -0.39 is 5.97 Å². The molecule has 6 heteroatoms. The number of aryl methyl sites for hydroxylation is 1. The monoisotopic (exact) mass is 313 g/mol. The molecule has 0 aliphatic heterocycles. The molecule has 0 bridgehead atoms. The van der Waals surface area contributed by atoms with Crippen LogP contribution in [0.3, 0.4) is 0 Å². The highest BCUT2D eigenvalue weighted by atomic mass is 32.2. The number of carboxylic acid groups (broad SMARTS) is 1. The van der Waals surface area contributed by atoms with Crippen molar-refractivity contribution in [3.8, 4) is 0 Å². The Balaban J connectivity index is 2.80. The zero-order chi connectivity index (χ0) is 16.2. The number of furan rings is 1. The van der Waals surface area contributed by atoms with Gasteiger partial charge in [0.1, 0.15) is 17.1 Å². The van der Waals surface area contributed by atoms with Crippen molar-refractivity contribution in [3.63, 3.8) is 0 Å². The number of thioether (sulfide) groups is 1. The van der Waals surface area contributed by atoms with Gasteiger partial charge in [0.15, 0.2) is 0 Å². The normalized spacial score (nSPS) is 12.5. The summed E-state index contributed by atoms with van der Waals surface area (Å²) in [5.74, 6) is 1.01. The smallest absolute Gasteiger partial charge is 0.339 e. The van der Waals surface area contributed by atoms with Crippen LogP contribution >= 0.6 is 11.8 Å². The second-order valence-corrected chi connectivity index (χ2v) is 6.72. The average Bonchev–Trinajstić information content (AvgIpc) is 2.75. The lowest BCUT2D eigenvalue weighted by molar-refractivity contribution is -0.130. The summed E-state index contributed by atoms with van der Waals surface area (Å²) in [4.78, 5) is 25.0. The number of aromatic carboxylic acids is 1. The second kappa shape index (κ2) is 7.54. The van der Waals surface area contributed by atoms with Gasteiger partial charge in [-0.05, 0) is 24.7 Å². The van der Waals surface area contributed by atoms with E-state index in [4.69, 9.17) is 9.52 Å². The molecule has 1 rings (SSSR count). The van der Waals surface area contributed by atoms with E-state index in [2.05, 4.69) is 0 Å².